The van der Waals surface area contributed by atoms with Crippen molar-refractivity contribution in [2.24, 2.45) is 5.92 Å². The molecule has 3 nitrogen and oxygen atoms in total. The minimum Gasteiger partial charge on any atom is -0.381 e. The molecule has 0 aromatic rings. The van der Waals surface area contributed by atoms with Crippen molar-refractivity contribution in [3.05, 3.63) is 0 Å². The second-order valence-corrected chi connectivity index (χ2v) is 6.49. The average Bonchev–Trinajstić information content (AvgIpc) is 3.08. The van der Waals surface area contributed by atoms with E-state index in [0.29, 0.717) is 12.0 Å². The number of hydrogen-bond acceptors (Lipinski definition) is 3. The summed E-state index contributed by atoms with van der Waals surface area (Å²) in [6.07, 6.45) is 5.32. The van der Waals surface area contributed by atoms with Crippen molar-refractivity contribution in [3.8, 4) is 0 Å². The summed E-state index contributed by atoms with van der Waals surface area (Å²) in [7, 11) is 0. The van der Waals surface area contributed by atoms with Crippen molar-refractivity contribution in [3.63, 3.8) is 0 Å². The van der Waals surface area contributed by atoms with Crippen LogP contribution in [0, 0.1) is 5.92 Å². The van der Waals surface area contributed by atoms with Crippen molar-refractivity contribution in [1.82, 2.24) is 10.2 Å². The molecule has 0 radical (unpaired) electrons. The second-order valence-electron chi connectivity index (χ2n) is 6.49. The third-order valence-corrected chi connectivity index (χ3v) is 3.99. The average molecular weight is 254 g/mol. The van der Waals surface area contributed by atoms with Gasteiger partial charge in [-0.15, -0.1) is 0 Å². The van der Waals surface area contributed by atoms with Gasteiger partial charge in [0, 0.05) is 37.9 Å². The van der Waals surface area contributed by atoms with E-state index in [0.717, 1.165) is 38.3 Å². The van der Waals surface area contributed by atoms with Crippen LogP contribution in [0.3, 0.4) is 0 Å². The first-order chi connectivity index (χ1) is 8.66. The van der Waals surface area contributed by atoms with E-state index in [1.54, 1.807) is 0 Å². The molecule has 106 valence electrons. The lowest BCUT2D eigenvalue weighted by Crippen LogP contribution is -2.34. The van der Waals surface area contributed by atoms with E-state index in [1.807, 2.05) is 0 Å². The Hall–Kier alpha value is -0.120. The standard InChI is InChI=1S/C15H30N2O/c1-12(2)11-18-8-4-7-16-14-9-13(3)17(10-14)15-5-6-15/h12-16H,4-11H2,1-3H3. The fourth-order valence-corrected chi connectivity index (χ4v) is 2.92. The van der Waals surface area contributed by atoms with Gasteiger partial charge in [-0.05, 0) is 45.1 Å². The van der Waals surface area contributed by atoms with Gasteiger partial charge in [-0.25, -0.2) is 0 Å². The van der Waals surface area contributed by atoms with E-state index in [-0.39, 0.29) is 0 Å². The maximum Gasteiger partial charge on any atom is 0.0489 e. The quantitative estimate of drug-likeness (QED) is 0.673. The topological polar surface area (TPSA) is 24.5 Å². The highest BCUT2D eigenvalue weighted by atomic mass is 16.5. The van der Waals surface area contributed by atoms with Crippen LogP contribution >= 0.6 is 0 Å². The van der Waals surface area contributed by atoms with Gasteiger partial charge in [-0.3, -0.25) is 4.90 Å². The number of hydrogen-bond donors (Lipinski definition) is 1. The van der Waals surface area contributed by atoms with Crippen molar-refractivity contribution in [2.45, 2.75) is 64.6 Å². The van der Waals surface area contributed by atoms with Crippen LogP contribution in [0.5, 0.6) is 0 Å². The largest absolute Gasteiger partial charge is 0.381 e. The van der Waals surface area contributed by atoms with E-state index in [2.05, 4.69) is 31.0 Å². The summed E-state index contributed by atoms with van der Waals surface area (Å²) < 4.78 is 5.60. The third kappa shape index (κ3) is 4.52. The Balaban J connectivity index is 1.50. The van der Waals surface area contributed by atoms with E-state index in [4.69, 9.17) is 4.74 Å². The lowest BCUT2D eigenvalue weighted by molar-refractivity contribution is 0.107. The zero-order valence-electron chi connectivity index (χ0n) is 12.3. The molecule has 2 aliphatic rings. The Labute approximate surface area is 112 Å². The second kappa shape index (κ2) is 6.88. The highest BCUT2D eigenvalue weighted by Crippen LogP contribution is 2.33. The first-order valence-corrected chi connectivity index (χ1v) is 7.73. The third-order valence-electron chi connectivity index (χ3n) is 3.99. The van der Waals surface area contributed by atoms with Gasteiger partial charge >= 0.3 is 0 Å². The molecule has 0 aromatic heterocycles. The summed E-state index contributed by atoms with van der Waals surface area (Å²) >= 11 is 0. The fraction of sp³-hybridized carbons (Fsp3) is 1.00. The Kier molecular flexibility index (Phi) is 5.46. The van der Waals surface area contributed by atoms with Crippen LogP contribution in [-0.2, 0) is 4.74 Å². The van der Waals surface area contributed by atoms with E-state index < -0.39 is 0 Å². The number of nitrogens with zero attached hydrogens (tertiary/aromatic N) is 1. The van der Waals surface area contributed by atoms with Crippen LogP contribution in [-0.4, -0.2) is 49.3 Å². The molecule has 1 saturated carbocycles. The Morgan fingerprint density at radius 2 is 2.11 bits per heavy atom. The van der Waals surface area contributed by atoms with Gasteiger partial charge < -0.3 is 10.1 Å². The molecule has 0 bridgehead atoms. The van der Waals surface area contributed by atoms with Gasteiger partial charge in [0.05, 0.1) is 0 Å². The Morgan fingerprint density at radius 3 is 2.78 bits per heavy atom. The molecule has 18 heavy (non-hydrogen) atoms. The summed E-state index contributed by atoms with van der Waals surface area (Å²) in [5, 5.41) is 3.69. The van der Waals surface area contributed by atoms with Crippen molar-refractivity contribution < 1.29 is 4.74 Å². The predicted octanol–water partition coefficient (Wildman–Crippen LogP) is 2.26. The molecule has 2 atom stereocenters. The fourth-order valence-electron chi connectivity index (χ4n) is 2.92. The SMILES string of the molecule is CC(C)COCCCNC1CC(C)N(C2CC2)C1. The van der Waals surface area contributed by atoms with Gasteiger partial charge in [0.1, 0.15) is 0 Å². The lowest BCUT2D eigenvalue weighted by Gasteiger charge is -2.19. The first kappa shape index (κ1) is 14.3. The molecular weight excluding hydrogens is 224 g/mol. The molecular formula is C15H30N2O. The smallest absolute Gasteiger partial charge is 0.0489 e. The number of likely N-dealkylation sites (tertiary alicyclic amines) is 1. The molecule has 0 spiro atoms. The van der Waals surface area contributed by atoms with E-state index >= 15 is 0 Å². The van der Waals surface area contributed by atoms with Crippen molar-refractivity contribution >= 4 is 0 Å². The summed E-state index contributed by atoms with van der Waals surface area (Å²) in [4.78, 5) is 2.70. The van der Waals surface area contributed by atoms with Crippen molar-refractivity contribution in [1.29, 1.82) is 0 Å². The normalized spacial score (nSPS) is 29.3. The van der Waals surface area contributed by atoms with Crippen LogP contribution in [0.2, 0.25) is 0 Å². The lowest BCUT2D eigenvalue weighted by atomic mass is 10.2. The van der Waals surface area contributed by atoms with E-state index in [9.17, 15) is 0 Å². The molecule has 2 rings (SSSR count). The zero-order valence-corrected chi connectivity index (χ0v) is 12.3. The summed E-state index contributed by atoms with van der Waals surface area (Å²) in [6.45, 7) is 10.9. The molecule has 2 fully saturated rings. The monoisotopic (exact) mass is 254 g/mol. The molecule has 1 N–H and O–H groups in total. The minimum absolute atomic E-state index is 0.653. The van der Waals surface area contributed by atoms with Gasteiger partial charge in [-0.1, -0.05) is 13.8 Å². The van der Waals surface area contributed by atoms with Gasteiger partial charge in [0.15, 0.2) is 0 Å². The molecule has 1 saturated heterocycles. The van der Waals surface area contributed by atoms with Crippen LogP contribution in [0.1, 0.15) is 46.5 Å². The van der Waals surface area contributed by atoms with Crippen LogP contribution < -0.4 is 5.32 Å². The van der Waals surface area contributed by atoms with Gasteiger partial charge in [0.25, 0.3) is 0 Å². The molecule has 0 aromatic carbocycles. The predicted molar refractivity (Wildman–Crippen MR) is 75.9 cm³/mol. The maximum atomic E-state index is 5.60. The van der Waals surface area contributed by atoms with Crippen LogP contribution in [0.25, 0.3) is 0 Å². The highest BCUT2D eigenvalue weighted by Gasteiger charge is 2.38. The molecule has 1 aliphatic heterocycles. The first-order valence-electron chi connectivity index (χ1n) is 7.73. The Morgan fingerprint density at radius 1 is 1.33 bits per heavy atom. The molecule has 1 heterocycles. The number of ether oxygens (including phenoxy) is 1. The molecule has 0 amide bonds. The number of nitrogens with one attached hydrogen (secondary N) is 1. The van der Waals surface area contributed by atoms with Gasteiger partial charge in [-0.2, -0.15) is 0 Å². The number of rotatable bonds is 8. The van der Waals surface area contributed by atoms with Gasteiger partial charge in [0.2, 0.25) is 0 Å². The molecule has 2 unspecified atom stereocenters. The minimum atomic E-state index is 0.653. The zero-order chi connectivity index (χ0) is 13.0. The van der Waals surface area contributed by atoms with Crippen LogP contribution in [0.15, 0.2) is 0 Å². The molecule has 1 aliphatic carbocycles. The highest BCUT2D eigenvalue weighted by molar-refractivity contribution is 4.95. The van der Waals surface area contributed by atoms with Crippen molar-refractivity contribution in [2.75, 3.05) is 26.3 Å². The summed E-state index contributed by atoms with van der Waals surface area (Å²) in [5.41, 5.74) is 0. The summed E-state index contributed by atoms with van der Waals surface area (Å²) in [5.74, 6) is 0.653. The maximum absolute atomic E-state index is 5.60. The molecule has 3 heteroatoms. The Bertz CT molecular complexity index is 241. The van der Waals surface area contributed by atoms with Crippen LogP contribution in [0.4, 0.5) is 0 Å². The summed E-state index contributed by atoms with van der Waals surface area (Å²) in [6, 6.07) is 2.42. The van der Waals surface area contributed by atoms with E-state index in [1.165, 1.54) is 25.8 Å².